The summed E-state index contributed by atoms with van der Waals surface area (Å²) in [6.45, 7) is 2.26. The Bertz CT molecular complexity index is 1670. The number of hydrogen-bond donors (Lipinski definition) is 2. The summed E-state index contributed by atoms with van der Waals surface area (Å²) in [5, 5.41) is 6.40. The fourth-order valence-electron chi connectivity index (χ4n) is 5.13. The number of alkyl halides is 2. The maximum absolute atomic E-state index is 13.8. The lowest BCUT2D eigenvalue weighted by Crippen LogP contribution is -2.23. The number of ketones is 1. The van der Waals surface area contributed by atoms with Crippen LogP contribution in [0.4, 0.5) is 22.0 Å². The molecule has 5 rings (SSSR count). The second-order valence-electron chi connectivity index (χ2n) is 9.92. The highest BCUT2D eigenvalue weighted by atomic mass is 19.3. The van der Waals surface area contributed by atoms with Gasteiger partial charge in [-0.25, -0.2) is 22.0 Å². The summed E-state index contributed by atoms with van der Waals surface area (Å²) in [4.78, 5) is 38.5. The summed E-state index contributed by atoms with van der Waals surface area (Å²) < 4.78 is 67.6. The van der Waals surface area contributed by atoms with Crippen LogP contribution in [0.1, 0.15) is 75.6 Å². The molecule has 2 aromatic heterocycles. The SMILES string of the molecule is CCn1nc(C(F)F)c2c1C(=O)CCC2.NC(=O)c1cc(-c2cccnc2C(Cc2cc(F)cc(F)c2)NC=O)ccc1F. The zero-order valence-electron chi connectivity index (χ0n) is 23.5. The number of pyridine rings is 1. The summed E-state index contributed by atoms with van der Waals surface area (Å²) in [5.41, 5.74) is 7.23. The molecule has 0 bridgehead atoms. The van der Waals surface area contributed by atoms with Crippen LogP contribution >= 0.6 is 0 Å². The number of hydrogen-bond acceptors (Lipinski definition) is 5. The van der Waals surface area contributed by atoms with Crippen LogP contribution in [0.15, 0.2) is 54.7 Å². The number of benzene rings is 2. The maximum atomic E-state index is 13.8. The Kier molecular flexibility index (Phi) is 10.2. The first-order chi connectivity index (χ1) is 21.0. The number of halogens is 5. The van der Waals surface area contributed by atoms with Gasteiger partial charge in [0.25, 0.3) is 12.3 Å². The number of carbonyl (C=O) groups is 3. The third kappa shape index (κ3) is 7.16. The third-order valence-corrected chi connectivity index (χ3v) is 7.03. The maximum Gasteiger partial charge on any atom is 0.282 e. The average molecular weight is 614 g/mol. The van der Waals surface area contributed by atoms with Gasteiger partial charge in [0, 0.05) is 36.4 Å². The predicted octanol–water partition coefficient (Wildman–Crippen LogP) is 5.65. The van der Waals surface area contributed by atoms with E-state index < -0.39 is 35.8 Å². The lowest BCUT2D eigenvalue weighted by atomic mass is 9.94. The van der Waals surface area contributed by atoms with Gasteiger partial charge in [0.15, 0.2) is 5.78 Å². The molecular weight excluding hydrogens is 585 g/mol. The van der Waals surface area contributed by atoms with Crippen LogP contribution in [0, 0.1) is 17.5 Å². The number of Topliss-reactive ketones (excluding diaryl/α,β-unsaturated/α-hetero) is 1. The van der Waals surface area contributed by atoms with Crippen molar-refractivity contribution >= 4 is 18.1 Å². The molecule has 13 heteroatoms. The summed E-state index contributed by atoms with van der Waals surface area (Å²) in [5.74, 6) is -3.22. The van der Waals surface area contributed by atoms with Gasteiger partial charge in [-0.1, -0.05) is 12.1 Å². The van der Waals surface area contributed by atoms with Gasteiger partial charge in [0.05, 0.1) is 17.3 Å². The number of amides is 2. The largest absolute Gasteiger partial charge is 0.366 e. The Labute approximate surface area is 249 Å². The van der Waals surface area contributed by atoms with Crippen molar-refractivity contribution in [1.29, 1.82) is 0 Å². The van der Waals surface area contributed by atoms with Crippen molar-refractivity contribution < 1.29 is 36.3 Å². The molecule has 4 aromatic rings. The normalized spacial score (nSPS) is 13.1. The van der Waals surface area contributed by atoms with Crippen LogP contribution in [0.3, 0.4) is 0 Å². The number of nitrogens with zero attached hydrogens (tertiary/aromatic N) is 3. The zero-order valence-corrected chi connectivity index (χ0v) is 23.5. The van der Waals surface area contributed by atoms with Crippen molar-refractivity contribution in [3.05, 3.63) is 106 Å². The fraction of sp³-hybridized carbons (Fsp3) is 0.258. The van der Waals surface area contributed by atoms with E-state index in [0.29, 0.717) is 65.9 Å². The predicted molar refractivity (Wildman–Crippen MR) is 150 cm³/mol. The lowest BCUT2D eigenvalue weighted by molar-refractivity contribution is -0.110. The van der Waals surface area contributed by atoms with Crippen LogP contribution in [0.2, 0.25) is 0 Å². The van der Waals surface area contributed by atoms with E-state index in [2.05, 4.69) is 15.4 Å². The van der Waals surface area contributed by atoms with Crippen LogP contribution in [-0.2, 0) is 24.2 Å². The van der Waals surface area contributed by atoms with Crippen molar-refractivity contribution in [2.24, 2.45) is 5.73 Å². The Balaban J connectivity index is 0.000000246. The van der Waals surface area contributed by atoms with E-state index in [1.54, 1.807) is 19.1 Å². The summed E-state index contributed by atoms with van der Waals surface area (Å²) in [6.07, 6.45) is 1.06. The summed E-state index contributed by atoms with van der Waals surface area (Å²) >= 11 is 0. The third-order valence-electron chi connectivity index (χ3n) is 7.03. The number of carbonyl (C=O) groups excluding carboxylic acids is 3. The molecule has 1 unspecified atom stereocenters. The number of aromatic nitrogens is 3. The molecule has 1 atom stereocenters. The average Bonchev–Trinajstić information content (AvgIpc) is 3.38. The van der Waals surface area contributed by atoms with Crippen LogP contribution in [0.25, 0.3) is 11.1 Å². The molecule has 0 fully saturated rings. The Morgan fingerprint density at radius 1 is 1.07 bits per heavy atom. The molecule has 0 spiro atoms. The standard InChI is InChI=1S/C21H16F3N3O2.C10H12F2N2O/c22-14-6-12(7-15(23)10-14)8-19(27-11-28)20-16(2-1-5-26-20)13-3-4-18(24)17(9-13)21(25)29;1-2-14-9-6(4-3-5-7(9)15)8(13-14)10(11)12/h1-7,9-11,19H,8H2,(H2,25,29)(H,27,28);10H,2-5H2,1H3. The minimum Gasteiger partial charge on any atom is -0.366 e. The van der Waals surface area contributed by atoms with Gasteiger partial charge in [-0.15, -0.1) is 0 Å². The molecule has 2 aromatic carbocycles. The monoisotopic (exact) mass is 613 g/mol. The Hall–Kier alpha value is -4.94. The van der Waals surface area contributed by atoms with Gasteiger partial charge in [0.2, 0.25) is 6.41 Å². The molecular formula is C31H28F5N5O3. The minimum absolute atomic E-state index is 0.0568. The molecule has 0 saturated heterocycles. The highest BCUT2D eigenvalue weighted by Crippen LogP contribution is 2.31. The van der Waals surface area contributed by atoms with Gasteiger partial charge < -0.3 is 11.1 Å². The number of primary amides is 1. The fourth-order valence-corrected chi connectivity index (χ4v) is 5.13. The van der Waals surface area contributed by atoms with Crippen molar-refractivity contribution in [2.75, 3.05) is 0 Å². The quantitative estimate of drug-likeness (QED) is 0.187. The Morgan fingerprint density at radius 3 is 2.43 bits per heavy atom. The van der Waals surface area contributed by atoms with E-state index >= 15 is 0 Å². The smallest absolute Gasteiger partial charge is 0.282 e. The summed E-state index contributed by atoms with van der Waals surface area (Å²) in [7, 11) is 0. The van der Waals surface area contributed by atoms with Gasteiger partial charge in [-0.3, -0.25) is 24.0 Å². The lowest BCUT2D eigenvalue weighted by Gasteiger charge is -2.19. The van der Waals surface area contributed by atoms with E-state index in [4.69, 9.17) is 5.73 Å². The van der Waals surface area contributed by atoms with E-state index in [0.717, 1.165) is 24.3 Å². The van der Waals surface area contributed by atoms with Crippen molar-refractivity contribution in [3.8, 4) is 11.1 Å². The second-order valence-corrected chi connectivity index (χ2v) is 9.92. The molecule has 2 amide bonds. The number of nitrogens with one attached hydrogen (secondary N) is 1. The summed E-state index contributed by atoms with van der Waals surface area (Å²) in [6, 6.07) is 9.49. The molecule has 44 heavy (non-hydrogen) atoms. The molecule has 0 radical (unpaired) electrons. The molecule has 0 aliphatic heterocycles. The molecule has 8 nitrogen and oxygen atoms in total. The second kappa shape index (κ2) is 14.0. The molecule has 1 aliphatic rings. The van der Waals surface area contributed by atoms with E-state index in [-0.39, 0.29) is 23.5 Å². The minimum atomic E-state index is -2.59. The highest BCUT2D eigenvalue weighted by Gasteiger charge is 2.29. The van der Waals surface area contributed by atoms with E-state index in [1.807, 2.05) is 0 Å². The molecule has 1 aliphatic carbocycles. The number of rotatable bonds is 9. The molecule has 3 N–H and O–H groups in total. The molecule has 230 valence electrons. The molecule has 2 heterocycles. The zero-order chi connectivity index (χ0) is 32.0. The van der Waals surface area contributed by atoms with Crippen molar-refractivity contribution in [1.82, 2.24) is 20.1 Å². The van der Waals surface area contributed by atoms with Crippen molar-refractivity contribution in [3.63, 3.8) is 0 Å². The van der Waals surface area contributed by atoms with E-state index in [1.165, 1.54) is 23.0 Å². The Morgan fingerprint density at radius 2 is 1.80 bits per heavy atom. The van der Waals surface area contributed by atoms with Crippen LogP contribution < -0.4 is 11.1 Å². The van der Waals surface area contributed by atoms with Gasteiger partial charge >= 0.3 is 0 Å². The number of nitrogens with two attached hydrogens (primary N) is 1. The van der Waals surface area contributed by atoms with Crippen LogP contribution in [0.5, 0.6) is 0 Å². The first-order valence-electron chi connectivity index (χ1n) is 13.6. The first kappa shape index (κ1) is 32.0. The van der Waals surface area contributed by atoms with Gasteiger partial charge in [-0.2, -0.15) is 5.10 Å². The van der Waals surface area contributed by atoms with Crippen LogP contribution in [-0.4, -0.2) is 32.9 Å². The molecule has 0 saturated carbocycles. The van der Waals surface area contributed by atoms with Gasteiger partial charge in [0.1, 0.15) is 28.8 Å². The van der Waals surface area contributed by atoms with E-state index in [9.17, 15) is 36.3 Å². The van der Waals surface area contributed by atoms with Crippen molar-refractivity contribution in [2.45, 2.75) is 51.6 Å². The first-order valence-corrected chi connectivity index (χ1v) is 13.6. The topological polar surface area (TPSA) is 120 Å². The number of aryl methyl sites for hydroxylation is 1. The van der Waals surface area contributed by atoms with Gasteiger partial charge in [-0.05, 0) is 67.6 Å². The number of fused-ring (bicyclic) bond motifs is 1. The highest BCUT2D eigenvalue weighted by molar-refractivity contribution is 5.97.